The second-order valence-electron chi connectivity index (χ2n) is 5.86. The molecule has 0 atom stereocenters. The first-order valence-corrected chi connectivity index (χ1v) is 7.52. The summed E-state index contributed by atoms with van der Waals surface area (Å²) in [6.07, 6.45) is -0.181. The zero-order valence-corrected chi connectivity index (χ0v) is 13.5. The van der Waals surface area contributed by atoms with Crippen molar-refractivity contribution < 1.29 is 9.59 Å². The standard InChI is InChI=1S/C16H24N4O2/c1-11-8-12(2)16(13(3)9-11)20-6-4-19(5-7-20)15(22)10-14(21)18-17/h8-9H,4-7,10,17H2,1-3H3,(H,18,21). The van der Waals surface area contributed by atoms with Crippen LogP contribution in [0.25, 0.3) is 0 Å². The number of nitrogens with two attached hydrogens (primary N) is 1. The lowest BCUT2D eigenvalue weighted by atomic mass is 10.0. The van der Waals surface area contributed by atoms with E-state index in [1.54, 1.807) is 4.90 Å². The predicted octanol–water partition coefficient (Wildman–Crippen LogP) is 0.640. The fourth-order valence-electron chi connectivity index (χ4n) is 3.15. The fourth-order valence-corrected chi connectivity index (χ4v) is 3.15. The Balaban J connectivity index is 2.01. The summed E-state index contributed by atoms with van der Waals surface area (Å²) in [5.41, 5.74) is 7.05. The molecule has 0 bridgehead atoms. The molecule has 1 aromatic carbocycles. The number of hydrogen-bond acceptors (Lipinski definition) is 4. The van der Waals surface area contributed by atoms with Crippen LogP contribution in [0.5, 0.6) is 0 Å². The van der Waals surface area contributed by atoms with Crippen LogP contribution in [-0.2, 0) is 9.59 Å². The van der Waals surface area contributed by atoms with Gasteiger partial charge in [0, 0.05) is 31.9 Å². The Morgan fingerprint density at radius 1 is 1.09 bits per heavy atom. The molecule has 0 radical (unpaired) electrons. The van der Waals surface area contributed by atoms with Crippen LogP contribution in [0.4, 0.5) is 5.69 Å². The lowest BCUT2D eigenvalue weighted by Gasteiger charge is -2.37. The smallest absolute Gasteiger partial charge is 0.243 e. The molecule has 2 rings (SSSR count). The van der Waals surface area contributed by atoms with Gasteiger partial charge in [0.25, 0.3) is 0 Å². The third-order valence-corrected chi connectivity index (χ3v) is 4.06. The van der Waals surface area contributed by atoms with E-state index in [0.717, 1.165) is 13.1 Å². The maximum atomic E-state index is 12.0. The summed E-state index contributed by atoms with van der Waals surface area (Å²) in [6.45, 7) is 9.16. The van der Waals surface area contributed by atoms with E-state index < -0.39 is 5.91 Å². The largest absolute Gasteiger partial charge is 0.368 e. The first-order valence-electron chi connectivity index (χ1n) is 7.52. The van der Waals surface area contributed by atoms with Gasteiger partial charge in [0.05, 0.1) is 0 Å². The van der Waals surface area contributed by atoms with E-state index in [1.807, 2.05) is 5.43 Å². The van der Waals surface area contributed by atoms with Gasteiger partial charge in [0.15, 0.2) is 0 Å². The van der Waals surface area contributed by atoms with Gasteiger partial charge in [-0.3, -0.25) is 15.0 Å². The number of carbonyl (C=O) groups is 2. The highest BCUT2D eigenvalue weighted by Gasteiger charge is 2.24. The van der Waals surface area contributed by atoms with E-state index in [-0.39, 0.29) is 12.3 Å². The number of nitrogens with zero attached hydrogens (tertiary/aromatic N) is 2. The minimum absolute atomic E-state index is 0.167. The molecule has 1 heterocycles. The molecule has 0 aliphatic carbocycles. The van der Waals surface area contributed by atoms with E-state index in [2.05, 4.69) is 37.8 Å². The number of nitrogens with one attached hydrogen (secondary N) is 1. The number of rotatable bonds is 3. The SMILES string of the molecule is Cc1cc(C)c(N2CCN(C(=O)CC(=O)NN)CC2)c(C)c1. The summed E-state index contributed by atoms with van der Waals surface area (Å²) in [5.74, 6) is 4.40. The third-order valence-electron chi connectivity index (χ3n) is 4.06. The van der Waals surface area contributed by atoms with Crippen molar-refractivity contribution in [3.8, 4) is 0 Å². The third kappa shape index (κ3) is 3.57. The van der Waals surface area contributed by atoms with Crippen molar-refractivity contribution in [1.82, 2.24) is 10.3 Å². The van der Waals surface area contributed by atoms with Gasteiger partial charge in [0.2, 0.25) is 11.8 Å². The molecule has 6 heteroatoms. The topological polar surface area (TPSA) is 78.7 Å². The summed E-state index contributed by atoms with van der Waals surface area (Å²) in [5, 5.41) is 0. The molecule has 6 nitrogen and oxygen atoms in total. The highest BCUT2D eigenvalue weighted by molar-refractivity contribution is 5.96. The van der Waals surface area contributed by atoms with Crippen molar-refractivity contribution in [2.75, 3.05) is 31.1 Å². The second kappa shape index (κ2) is 6.79. The average molecular weight is 304 g/mol. The van der Waals surface area contributed by atoms with Crippen molar-refractivity contribution in [2.45, 2.75) is 27.2 Å². The first kappa shape index (κ1) is 16.3. The van der Waals surface area contributed by atoms with Gasteiger partial charge < -0.3 is 9.80 Å². The number of carbonyl (C=O) groups excluding carboxylic acids is 2. The molecule has 1 aliphatic heterocycles. The van der Waals surface area contributed by atoms with Gasteiger partial charge in [-0.05, 0) is 31.9 Å². The number of aryl methyl sites for hydroxylation is 3. The van der Waals surface area contributed by atoms with Crippen LogP contribution in [0.15, 0.2) is 12.1 Å². The Bertz CT molecular complexity index is 555. The van der Waals surface area contributed by atoms with Crippen molar-refractivity contribution in [3.63, 3.8) is 0 Å². The van der Waals surface area contributed by atoms with E-state index in [4.69, 9.17) is 5.84 Å². The molecular formula is C16H24N4O2. The number of piperazine rings is 1. The molecule has 0 spiro atoms. The van der Waals surface area contributed by atoms with Crippen LogP contribution in [0, 0.1) is 20.8 Å². The zero-order chi connectivity index (χ0) is 16.3. The number of hydrogen-bond donors (Lipinski definition) is 2. The van der Waals surface area contributed by atoms with Crippen molar-refractivity contribution in [1.29, 1.82) is 0 Å². The molecular weight excluding hydrogens is 280 g/mol. The lowest BCUT2D eigenvalue weighted by molar-refractivity contribution is -0.136. The quantitative estimate of drug-likeness (QED) is 0.372. The molecule has 0 unspecified atom stereocenters. The second-order valence-corrected chi connectivity index (χ2v) is 5.86. The van der Waals surface area contributed by atoms with E-state index >= 15 is 0 Å². The van der Waals surface area contributed by atoms with Gasteiger partial charge in [-0.1, -0.05) is 17.7 Å². The molecule has 1 saturated heterocycles. The molecule has 1 aliphatic rings. The molecule has 120 valence electrons. The predicted molar refractivity (Wildman–Crippen MR) is 86.4 cm³/mol. The maximum absolute atomic E-state index is 12.0. The molecule has 0 aromatic heterocycles. The maximum Gasteiger partial charge on any atom is 0.243 e. The molecule has 22 heavy (non-hydrogen) atoms. The Morgan fingerprint density at radius 3 is 2.14 bits per heavy atom. The Kier molecular flexibility index (Phi) is 5.03. The zero-order valence-electron chi connectivity index (χ0n) is 13.5. The highest BCUT2D eigenvalue weighted by atomic mass is 16.2. The molecule has 3 N–H and O–H groups in total. The number of benzene rings is 1. The van der Waals surface area contributed by atoms with Gasteiger partial charge >= 0.3 is 0 Å². The van der Waals surface area contributed by atoms with Crippen molar-refractivity contribution in [2.24, 2.45) is 5.84 Å². The van der Waals surface area contributed by atoms with Gasteiger partial charge in [-0.15, -0.1) is 0 Å². The Morgan fingerprint density at radius 2 is 1.64 bits per heavy atom. The Labute approximate surface area is 131 Å². The first-order chi connectivity index (χ1) is 10.4. The van der Waals surface area contributed by atoms with Crippen LogP contribution < -0.4 is 16.2 Å². The molecule has 0 saturated carbocycles. The van der Waals surface area contributed by atoms with Crippen LogP contribution in [0.2, 0.25) is 0 Å². The van der Waals surface area contributed by atoms with Crippen molar-refractivity contribution >= 4 is 17.5 Å². The summed E-state index contributed by atoms with van der Waals surface area (Å²) in [4.78, 5) is 27.2. The van der Waals surface area contributed by atoms with Crippen LogP contribution in [-0.4, -0.2) is 42.9 Å². The minimum Gasteiger partial charge on any atom is -0.368 e. The highest BCUT2D eigenvalue weighted by Crippen LogP contribution is 2.27. The number of amides is 2. The van der Waals surface area contributed by atoms with Gasteiger partial charge in [0.1, 0.15) is 6.42 Å². The minimum atomic E-state index is -0.447. The fraction of sp³-hybridized carbons (Fsp3) is 0.500. The molecule has 1 fully saturated rings. The summed E-state index contributed by atoms with van der Waals surface area (Å²) in [7, 11) is 0. The average Bonchev–Trinajstić information content (AvgIpc) is 2.46. The van der Waals surface area contributed by atoms with E-state index in [1.165, 1.54) is 22.4 Å². The van der Waals surface area contributed by atoms with E-state index in [9.17, 15) is 9.59 Å². The van der Waals surface area contributed by atoms with E-state index in [0.29, 0.717) is 13.1 Å². The summed E-state index contributed by atoms with van der Waals surface area (Å²) < 4.78 is 0. The van der Waals surface area contributed by atoms with Crippen LogP contribution >= 0.6 is 0 Å². The molecule has 2 amide bonds. The summed E-state index contributed by atoms with van der Waals surface area (Å²) in [6, 6.07) is 4.37. The Hall–Kier alpha value is -2.08. The molecule has 1 aromatic rings. The van der Waals surface area contributed by atoms with Gasteiger partial charge in [-0.2, -0.15) is 0 Å². The van der Waals surface area contributed by atoms with Crippen LogP contribution in [0.3, 0.4) is 0 Å². The number of hydrazine groups is 1. The normalized spacial score (nSPS) is 14.9. The monoisotopic (exact) mass is 304 g/mol. The van der Waals surface area contributed by atoms with Gasteiger partial charge in [-0.25, -0.2) is 5.84 Å². The van der Waals surface area contributed by atoms with Crippen molar-refractivity contribution in [3.05, 3.63) is 28.8 Å². The van der Waals surface area contributed by atoms with Crippen LogP contribution in [0.1, 0.15) is 23.1 Å². The lowest BCUT2D eigenvalue weighted by Crippen LogP contribution is -2.50. The summed E-state index contributed by atoms with van der Waals surface area (Å²) >= 11 is 0. The number of anilines is 1.